The molecule has 0 aliphatic carbocycles. The molecule has 0 amide bonds. The SMILES string of the molecule is Cc1cc(C(c2ccc(F)c(C)c2)c2cc(Cl)cc(Cl)c2OC[C@@H](O)C[C@@H](O)CC(=O)O)ccc1F. The van der Waals surface area contributed by atoms with E-state index in [0.717, 1.165) is 0 Å². The quantitative estimate of drug-likeness (QED) is 0.274. The van der Waals surface area contributed by atoms with Crippen LogP contribution in [0, 0.1) is 25.5 Å². The number of carboxylic acid groups (broad SMARTS) is 1. The number of hydrogen-bond donors (Lipinski definition) is 3. The number of aryl methyl sites for hydroxylation is 2. The molecule has 0 aliphatic rings. The average Bonchev–Trinajstić information content (AvgIpc) is 2.77. The van der Waals surface area contributed by atoms with Crippen LogP contribution in [0.4, 0.5) is 8.78 Å². The van der Waals surface area contributed by atoms with Crippen LogP contribution in [-0.2, 0) is 4.79 Å². The Morgan fingerprint density at radius 1 is 0.917 bits per heavy atom. The predicted octanol–water partition coefficient (Wildman–Crippen LogP) is 6.03. The maximum atomic E-state index is 14.1. The summed E-state index contributed by atoms with van der Waals surface area (Å²) >= 11 is 12.8. The van der Waals surface area contributed by atoms with Gasteiger partial charge in [0.1, 0.15) is 24.0 Å². The van der Waals surface area contributed by atoms with E-state index in [0.29, 0.717) is 32.8 Å². The van der Waals surface area contributed by atoms with Crippen LogP contribution >= 0.6 is 23.2 Å². The number of carboxylic acids is 1. The van der Waals surface area contributed by atoms with Crippen LogP contribution in [0.5, 0.6) is 5.75 Å². The van der Waals surface area contributed by atoms with Gasteiger partial charge in [-0.3, -0.25) is 4.79 Å². The normalized spacial score (nSPS) is 13.0. The summed E-state index contributed by atoms with van der Waals surface area (Å²) in [6, 6.07) is 12.4. The van der Waals surface area contributed by atoms with E-state index in [1.54, 1.807) is 44.2 Å². The van der Waals surface area contributed by atoms with Gasteiger partial charge in [0.25, 0.3) is 0 Å². The smallest absolute Gasteiger partial charge is 0.305 e. The van der Waals surface area contributed by atoms with Gasteiger partial charge in [-0.05, 0) is 60.4 Å². The Labute approximate surface area is 217 Å². The largest absolute Gasteiger partial charge is 0.489 e. The lowest BCUT2D eigenvalue weighted by molar-refractivity contribution is -0.139. The molecule has 0 saturated carbocycles. The number of aliphatic carboxylic acids is 1. The number of benzene rings is 3. The van der Waals surface area contributed by atoms with E-state index in [9.17, 15) is 23.8 Å². The highest BCUT2D eigenvalue weighted by atomic mass is 35.5. The van der Waals surface area contributed by atoms with Crippen LogP contribution in [0.1, 0.15) is 46.6 Å². The minimum absolute atomic E-state index is 0.151. The van der Waals surface area contributed by atoms with E-state index in [-0.39, 0.29) is 35.4 Å². The molecule has 0 bridgehead atoms. The minimum Gasteiger partial charge on any atom is -0.489 e. The van der Waals surface area contributed by atoms with Gasteiger partial charge >= 0.3 is 5.97 Å². The lowest BCUT2D eigenvalue weighted by Gasteiger charge is -2.25. The second-order valence-electron chi connectivity index (χ2n) is 8.71. The molecule has 192 valence electrons. The van der Waals surface area contributed by atoms with Crippen LogP contribution in [0.25, 0.3) is 0 Å². The molecule has 0 fully saturated rings. The van der Waals surface area contributed by atoms with Crippen molar-refractivity contribution >= 4 is 29.2 Å². The Morgan fingerprint density at radius 3 is 1.97 bits per heavy atom. The van der Waals surface area contributed by atoms with Crippen molar-refractivity contribution in [2.45, 2.75) is 44.8 Å². The number of hydrogen-bond acceptors (Lipinski definition) is 4. The molecule has 5 nitrogen and oxygen atoms in total. The van der Waals surface area contributed by atoms with Crippen LogP contribution in [-0.4, -0.2) is 40.1 Å². The first-order chi connectivity index (χ1) is 17.0. The summed E-state index contributed by atoms with van der Waals surface area (Å²) in [5.41, 5.74) is 2.69. The van der Waals surface area contributed by atoms with Gasteiger partial charge in [-0.2, -0.15) is 0 Å². The number of ether oxygens (including phenoxy) is 1. The molecule has 3 N–H and O–H groups in total. The van der Waals surface area contributed by atoms with Gasteiger partial charge in [-0.25, -0.2) is 8.78 Å². The molecule has 0 radical (unpaired) electrons. The summed E-state index contributed by atoms with van der Waals surface area (Å²) in [4.78, 5) is 10.8. The van der Waals surface area contributed by atoms with E-state index >= 15 is 0 Å². The summed E-state index contributed by atoms with van der Waals surface area (Å²) in [5.74, 6) is -2.33. The van der Waals surface area contributed by atoms with Crippen molar-refractivity contribution in [2.24, 2.45) is 0 Å². The number of carbonyl (C=O) groups is 1. The Morgan fingerprint density at radius 2 is 1.47 bits per heavy atom. The van der Waals surface area contributed by atoms with Crippen molar-refractivity contribution in [3.63, 3.8) is 0 Å². The molecule has 3 aromatic rings. The number of aliphatic hydroxyl groups is 2. The zero-order valence-electron chi connectivity index (χ0n) is 19.6. The number of rotatable bonds is 10. The summed E-state index contributed by atoms with van der Waals surface area (Å²) in [6.45, 7) is 2.97. The van der Waals surface area contributed by atoms with Gasteiger partial charge in [0.15, 0.2) is 0 Å². The first-order valence-electron chi connectivity index (χ1n) is 11.2. The molecule has 0 spiro atoms. The Hall–Kier alpha value is -2.71. The second kappa shape index (κ2) is 12.0. The lowest BCUT2D eigenvalue weighted by atomic mass is 9.83. The van der Waals surface area contributed by atoms with Gasteiger partial charge in [0.05, 0.1) is 23.7 Å². The van der Waals surface area contributed by atoms with E-state index in [4.69, 9.17) is 33.0 Å². The van der Waals surface area contributed by atoms with E-state index in [1.807, 2.05) is 0 Å². The van der Waals surface area contributed by atoms with E-state index in [2.05, 4.69) is 0 Å². The molecule has 3 rings (SSSR count). The van der Waals surface area contributed by atoms with Crippen molar-refractivity contribution < 1.29 is 33.6 Å². The zero-order valence-corrected chi connectivity index (χ0v) is 21.2. The van der Waals surface area contributed by atoms with Gasteiger partial charge in [0.2, 0.25) is 0 Å². The Bertz CT molecular complexity index is 1200. The summed E-state index contributed by atoms with van der Waals surface area (Å²) < 4.78 is 34.0. The Balaban J connectivity index is 2.06. The topological polar surface area (TPSA) is 87.0 Å². The highest BCUT2D eigenvalue weighted by molar-refractivity contribution is 6.35. The molecule has 0 aliphatic heterocycles. The molecule has 0 aromatic heterocycles. The molecule has 3 aromatic carbocycles. The second-order valence-corrected chi connectivity index (χ2v) is 9.55. The van der Waals surface area contributed by atoms with Crippen molar-refractivity contribution in [3.05, 3.63) is 98.0 Å². The molecular weight excluding hydrogens is 513 g/mol. The first kappa shape index (κ1) is 27.9. The maximum Gasteiger partial charge on any atom is 0.305 e. The van der Waals surface area contributed by atoms with Crippen LogP contribution in [0.3, 0.4) is 0 Å². The monoisotopic (exact) mass is 538 g/mol. The third-order valence-corrected chi connectivity index (χ3v) is 6.25. The van der Waals surface area contributed by atoms with E-state index < -0.39 is 30.5 Å². The molecule has 0 heterocycles. The molecule has 0 saturated heterocycles. The zero-order chi connectivity index (χ0) is 26.6. The van der Waals surface area contributed by atoms with Gasteiger partial charge < -0.3 is 20.1 Å². The fourth-order valence-corrected chi connectivity index (χ4v) is 4.60. The fraction of sp³-hybridized carbons (Fsp3) is 0.296. The van der Waals surface area contributed by atoms with E-state index in [1.165, 1.54) is 18.2 Å². The highest BCUT2D eigenvalue weighted by Gasteiger charge is 2.26. The standard InChI is InChI=1S/C27H26Cl2F2O5/c1-14-7-16(3-5-23(14)30)26(17-4-6-24(31)15(2)8-17)21-9-18(28)10-22(29)27(21)36-13-20(33)11-19(32)12-25(34)35/h3-10,19-20,26,32-33H,11-13H2,1-2H3,(H,34,35)/t19-,20+/m1/s1. The highest BCUT2D eigenvalue weighted by Crippen LogP contribution is 2.43. The molecule has 9 heteroatoms. The summed E-state index contributed by atoms with van der Waals surface area (Å²) in [6.07, 6.45) is -3.17. The van der Waals surface area contributed by atoms with Crippen molar-refractivity contribution in [3.8, 4) is 5.75 Å². The molecule has 0 unspecified atom stereocenters. The van der Waals surface area contributed by atoms with Crippen molar-refractivity contribution in [1.82, 2.24) is 0 Å². The number of aliphatic hydroxyl groups excluding tert-OH is 2. The van der Waals surface area contributed by atoms with Crippen LogP contribution < -0.4 is 4.74 Å². The van der Waals surface area contributed by atoms with Gasteiger partial charge in [-0.1, -0.05) is 47.5 Å². The predicted molar refractivity (Wildman–Crippen MR) is 134 cm³/mol. The maximum absolute atomic E-state index is 14.1. The number of halogens is 4. The Kier molecular flexibility index (Phi) is 9.30. The molecular formula is C27H26Cl2F2O5. The first-order valence-corrected chi connectivity index (χ1v) is 11.9. The van der Waals surface area contributed by atoms with Crippen LogP contribution in [0.15, 0.2) is 48.5 Å². The fourth-order valence-electron chi connectivity index (χ4n) is 4.04. The third kappa shape index (κ3) is 6.95. The molecule has 2 atom stereocenters. The lowest BCUT2D eigenvalue weighted by Crippen LogP contribution is -2.26. The van der Waals surface area contributed by atoms with Gasteiger partial charge in [0, 0.05) is 22.9 Å². The minimum atomic E-state index is -1.25. The van der Waals surface area contributed by atoms with Crippen molar-refractivity contribution in [1.29, 1.82) is 0 Å². The van der Waals surface area contributed by atoms with Gasteiger partial charge in [-0.15, -0.1) is 0 Å². The third-order valence-electron chi connectivity index (χ3n) is 5.75. The molecule has 36 heavy (non-hydrogen) atoms. The average molecular weight is 539 g/mol. The summed E-state index contributed by atoms with van der Waals surface area (Å²) in [7, 11) is 0. The summed E-state index contributed by atoms with van der Waals surface area (Å²) in [5, 5.41) is 29.4. The van der Waals surface area contributed by atoms with Crippen molar-refractivity contribution in [2.75, 3.05) is 6.61 Å². The van der Waals surface area contributed by atoms with Crippen LogP contribution in [0.2, 0.25) is 10.0 Å².